The van der Waals surface area contributed by atoms with E-state index in [-0.39, 0.29) is 11.6 Å². The first-order valence-corrected chi connectivity index (χ1v) is 13.1. The minimum Gasteiger partial charge on any atom is -0.348 e. The van der Waals surface area contributed by atoms with E-state index < -0.39 is 0 Å². The van der Waals surface area contributed by atoms with Crippen molar-refractivity contribution in [1.82, 2.24) is 0 Å². The van der Waals surface area contributed by atoms with Crippen LogP contribution in [0.4, 0.5) is 0 Å². The van der Waals surface area contributed by atoms with Crippen LogP contribution in [0.2, 0.25) is 0 Å². The average molecular weight is 481 g/mol. The monoisotopic (exact) mass is 480 g/mol. The van der Waals surface area contributed by atoms with Crippen molar-refractivity contribution in [2.24, 2.45) is 34.5 Å². The maximum absolute atomic E-state index is 6.19. The summed E-state index contributed by atoms with van der Waals surface area (Å²) >= 11 is 4.17. The molecular weight excluding hydrogens is 444 g/mol. The number of hydrogen-bond donors (Lipinski definition) is 0. The number of hydrogen-bond acceptors (Lipinski definition) is 4. The van der Waals surface area contributed by atoms with E-state index in [2.05, 4.69) is 42.8 Å². The Balaban J connectivity index is 1.32. The number of alkyl halides is 1. The fourth-order valence-corrected chi connectivity index (χ4v) is 9.94. The predicted octanol–water partition coefficient (Wildman–Crippen LogP) is 5.44. The molecule has 0 bridgehead atoms. The molecule has 0 aromatic heterocycles. The first kappa shape index (κ1) is 20.7. The summed E-state index contributed by atoms with van der Waals surface area (Å²) in [6, 6.07) is 0. The number of fused-ring (bicyclic) bond motifs is 5. The fourth-order valence-electron chi connectivity index (χ4n) is 8.89. The SMILES string of the molecule is CC1([C@H]2CC[C@H]3C4[C@@H](Br)C=C5CC6(CC[C@]5(C)[C@H]4CC[C@]23C)OCCO6)OCCO1. The molecule has 7 atom stereocenters. The van der Waals surface area contributed by atoms with E-state index >= 15 is 0 Å². The number of halogens is 1. The molecule has 4 aliphatic carbocycles. The lowest BCUT2D eigenvalue weighted by Gasteiger charge is -2.60. The van der Waals surface area contributed by atoms with Gasteiger partial charge in [-0.3, -0.25) is 0 Å². The van der Waals surface area contributed by atoms with Crippen molar-refractivity contribution < 1.29 is 18.9 Å². The lowest BCUT2D eigenvalue weighted by molar-refractivity contribution is -0.216. The lowest BCUT2D eigenvalue weighted by atomic mass is 9.47. The summed E-state index contributed by atoms with van der Waals surface area (Å²) in [7, 11) is 0. The molecule has 0 aromatic carbocycles. The first-order valence-electron chi connectivity index (χ1n) is 12.2. The molecule has 6 aliphatic rings. The van der Waals surface area contributed by atoms with Crippen LogP contribution in [0.25, 0.3) is 0 Å². The molecular formula is C25H37BrO4. The van der Waals surface area contributed by atoms with E-state index in [1.807, 2.05) is 0 Å². The fraction of sp³-hybridized carbons (Fsp3) is 0.920. The van der Waals surface area contributed by atoms with Crippen molar-refractivity contribution >= 4 is 15.9 Å². The van der Waals surface area contributed by atoms with Crippen molar-refractivity contribution in [3.05, 3.63) is 11.6 Å². The van der Waals surface area contributed by atoms with Crippen LogP contribution in [0.15, 0.2) is 11.6 Å². The molecule has 0 aromatic rings. The van der Waals surface area contributed by atoms with Crippen LogP contribution in [0.3, 0.4) is 0 Å². The largest absolute Gasteiger partial charge is 0.348 e. The molecule has 6 rings (SSSR count). The van der Waals surface area contributed by atoms with Gasteiger partial charge in [0.1, 0.15) is 0 Å². The van der Waals surface area contributed by atoms with Gasteiger partial charge in [0.2, 0.25) is 0 Å². The highest BCUT2D eigenvalue weighted by atomic mass is 79.9. The predicted molar refractivity (Wildman–Crippen MR) is 118 cm³/mol. The van der Waals surface area contributed by atoms with Crippen molar-refractivity contribution in [3.63, 3.8) is 0 Å². The highest BCUT2D eigenvalue weighted by Gasteiger charge is 2.65. The van der Waals surface area contributed by atoms with Crippen LogP contribution < -0.4 is 0 Å². The van der Waals surface area contributed by atoms with E-state index in [4.69, 9.17) is 18.9 Å². The molecule has 2 heterocycles. The zero-order valence-corrected chi connectivity index (χ0v) is 20.3. The molecule has 1 spiro atoms. The molecule has 2 saturated heterocycles. The van der Waals surface area contributed by atoms with E-state index in [1.54, 1.807) is 5.57 Å². The maximum atomic E-state index is 6.19. The number of allylic oxidation sites excluding steroid dienone is 1. The Morgan fingerprint density at radius 1 is 0.833 bits per heavy atom. The van der Waals surface area contributed by atoms with Crippen molar-refractivity contribution in [1.29, 1.82) is 0 Å². The minimum atomic E-state index is -0.383. The third-order valence-corrected chi connectivity index (χ3v) is 11.3. The summed E-state index contributed by atoms with van der Waals surface area (Å²) in [6.45, 7) is 10.3. The van der Waals surface area contributed by atoms with E-state index in [0.717, 1.165) is 51.1 Å². The second-order valence-corrected chi connectivity index (χ2v) is 12.6. The topological polar surface area (TPSA) is 36.9 Å². The normalized spacial score (nSPS) is 51.3. The second-order valence-electron chi connectivity index (χ2n) is 11.5. The Morgan fingerprint density at radius 3 is 2.27 bits per heavy atom. The molecule has 5 fully saturated rings. The van der Waals surface area contributed by atoms with Gasteiger partial charge in [-0.2, -0.15) is 0 Å². The summed E-state index contributed by atoms with van der Waals surface area (Å²) in [5.74, 6) is 1.97. The second kappa shape index (κ2) is 6.79. The summed E-state index contributed by atoms with van der Waals surface area (Å²) in [5, 5.41) is 0. The Bertz CT molecular complexity index is 739. The minimum absolute atomic E-state index is 0.291. The van der Waals surface area contributed by atoms with Crippen LogP contribution in [0, 0.1) is 34.5 Å². The van der Waals surface area contributed by atoms with Crippen LogP contribution in [0.5, 0.6) is 0 Å². The lowest BCUT2D eigenvalue weighted by Crippen LogP contribution is -2.56. The molecule has 0 radical (unpaired) electrons. The summed E-state index contributed by atoms with van der Waals surface area (Å²) in [5.41, 5.74) is 2.19. The Morgan fingerprint density at radius 2 is 1.53 bits per heavy atom. The highest BCUT2D eigenvalue weighted by Crippen LogP contribution is 2.69. The van der Waals surface area contributed by atoms with Gasteiger partial charge >= 0.3 is 0 Å². The third kappa shape index (κ3) is 2.71. The van der Waals surface area contributed by atoms with E-state index in [0.29, 0.717) is 27.5 Å². The first-order chi connectivity index (χ1) is 14.3. The van der Waals surface area contributed by atoms with Gasteiger partial charge in [0.15, 0.2) is 11.6 Å². The molecule has 2 aliphatic heterocycles. The van der Waals surface area contributed by atoms with Gasteiger partial charge in [-0.15, -0.1) is 0 Å². The molecule has 3 saturated carbocycles. The van der Waals surface area contributed by atoms with Gasteiger partial charge in [-0.1, -0.05) is 41.4 Å². The van der Waals surface area contributed by atoms with Crippen LogP contribution in [0.1, 0.15) is 65.7 Å². The van der Waals surface area contributed by atoms with Crippen molar-refractivity contribution in [2.45, 2.75) is 82.1 Å². The smallest absolute Gasteiger partial charge is 0.172 e. The van der Waals surface area contributed by atoms with Crippen LogP contribution >= 0.6 is 15.9 Å². The standard InChI is InChI=1S/C25H37BrO4/c1-22-8-9-25(29-12-13-30-25)15-16(22)14-19(26)21-17-4-5-20(24(3)27-10-11-28-24)23(17,2)7-6-18(21)22/h14,17-21H,4-13,15H2,1-3H3/t17-,18-,19-,20-,21?,22-,23-/m0/s1. The van der Waals surface area contributed by atoms with Crippen LogP contribution in [-0.2, 0) is 18.9 Å². The number of ether oxygens (including phenoxy) is 4. The van der Waals surface area contributed by atoms with Crippen LogP contribution in [-0.4, -0.2) is 42.8 Å². The Hall–Kier alpha value is 0.0600. The van der Waals surface area contributed by atoms with Gasteiger partial charge in [0.25, 0.3) is 0 Å². The van der Waals surface area contributed by atoms with Crippen molar-refractivity contribution in [2.75, 3.05) is 26.4 Å². The summed E-state index contributed by atoms with van der Waals surface area (Å²) in [6.07, 6.45) is 10.9. The van der Waals surface area contributed by atoms with E-state index in [1.165, 1.54) is 32.1 Å². The van der Waals surface area contributed by atoms with Gasteiger partial charge < -0.3 is 18.9 Å². The average Bonchev–Trinajstić information content (AvgIpc) is 3.43. The Kier molecular flexibility index (Phi) is 4.67. The highest BCUT2D eigenvalue weighted by molar-refractivity contribution is 9.09. The van der Waals surface area contributed by atoms with Gasteiger partial charge in [-0.05, 0) is 67.6 Å². The van der Waals surface area contributed by atoms with Gasteiger partial charge in [0, 0.05) is 23.6 Å². The quantitative estimate of drug-likeness (QED) is 0.369. The third-order valence-electron chi connectivity index (χ3n) is 10.4. The van der Waals surface area contributed by atoms with Gasteiger partial charge in [0.05, 0.1) is 26.4 Å². The molecule has 4 nitrogen and oxygen atoms in total. The molecule has 5 heteroatoms. The molecule has 0 amide bonds. The molecule has 0 N–H and O–H groups in total. The van der Waals surface area contributed by atoms with E-state index in [9.17, 15) is 0 Å². The maximum Gasteiger partial charge on any atom is 0.172 e. The zero-order valence-electron chi connectivity index (χ0n) is 18.8. The summed E-state index contributed by atoms with van der Waals surface area (Å²) < 4.78 is 24.6. The molecule has 168 valence electrons. The summed E-state index contributed by atoms with van der Waals surface area (Å²) in [4.78, 5) is 0.448. The Labute approximate surface area is 189 Å². The molecule has 30 heavy (non-hydrogen) atoms. The van der Waals surface area contributed by atoms with Crippen molar-refractivity contribution in [3.8, 4) is 0 Å². The zero-order chi connectivity index (χ0) is 20.8. The van der Waals surface area contributed by atoms with Gasteiger partial charge in [-0.25, -0.2) is 0 Å². The molecule has 1 unspecified atom stereocenters. The number of rotatable bonds is 1.